The van der Waals surface area contributed by atoms with Crippen molar-refractivity contribution in [3.8, 4) is 22.8 Å². The lowest BCUT2D eigenvalue weighted by Gasteiger charge is -2.34. The molecule has 1 aliphatic rings. The summed E-state index contributed by atoms with van der Waals surface area (Å²) in [5.74, 6) is -0.175. The third-order valence-corrected chi connectivity index (χ3v) is 5.10. The van der Waals surface area contributed by atoms with Crippen LogP contribution in [0.5, 0.6) is 11.5 Å². The molecule has 156 valence electrons. The Morgan fingerprint density at radius 1 is 1.31 bits per heavy atom. The van der Waals surface area contributed by atoms with Crippen molar-refractivity contribution in [1.82, 2.24) is 4.57 Å². The molecule has 1 aliphatic heterocycles. The second-order valence-corrected chi connectivity index (χ2v) is 8.33. The number of halogens is 1. The van der Waals surface area contributed by atoms with Gasteiger partial charge < -0.3 is 19.1 Å². The lowest BCUT2D eigenvalue weighted by Crippen LogP contribution is -2.28. The van der Waals surface area contributed by atoms with E-state index in [2.05, 4.69) is 0 Å². The summed E-state index contributed by atoms with van der Waals surface area (Å²) in [7, 11) is 1.50. The smallest absolute Gasteiger partial charge is 0.341 e. The van der Waals surface area contributed by atoms with Crippen LogP contribution in [0.3, 0.4) is 0 Å². The van der Waals surface area contributed by atoms with Crippen molar-refractivity contribution in [3.63, 3.8) is 0 Å². The molecule has 1 aromatic carbocycles. The Bertz CT molecular complexity index is 1000. The number of fused-ring (bicyclic) bond motifs is 3. The molecule has 0 bridgehead atoms. The van der Waals surface area contributed by atoms with Gasteiger partial charge in [-0.2, -0.15) is 0 Å². The first-order valence-corrected chi connectivity index (χ1v) is 9.54. The molecule has 7 heteroatoms. The Kier molecular flexibility index (Phi) is 5.43. The minimum absolute atomic E-state index is 0.0324. The number of pyridine rings is 1. The number of carbonyl (C=O) groups is 1. The van der Waals surface area contributed by atoms with E-state index >= 15 is 0 Å². The van der Waals surface area contributed by atoms with E-state index in [1.807, 2.05) is 24.5 Å². The van der Waals surface area contributed by atoms with Gasteiger partial charge in [-0.05, 0) is 43.9 Å². The standard InChI is InChI=1S/C22H26FNO5/c1-12(2)16-6-13-7-20(29-11-22(3,4)23)19(28-5)8-14(13)17-9-18(25)15(21(26)27)10-24(16)17/h7-10,12,16H,6,11H2,1-5H3,(H,26,27)/t16-/m0/s1. The van der Waals surface area contributed by atoms with Gasteiger partial charge >= 0.3 is 5.97 Å². The normalized spacial score (nSPS) is 15.6. The van der Waals surface area contributed by atoms with E-state index in [0.717, 1.165) is 11.1 Å². The van der Waals surface area contributed by atoms with Crippen LogP contribution in [0.4, 0.5) is 4.39 Å². The number of hydrogen-bond donors (Lipinski definition) is 1. The zero-order valence-electron chi connectivity index (χ0n) is 17.3. The van der Waals surface area contributed by atoms with E-state index in [4.69, 9.17) is 9.47 Å². The molecule has 0 aliphatic carbocycles. The molecular weight excluding hydrogens is 377 g/mol. The first kappa shape index (κ1) is 20.9. The Hall–Kier alpha value is -2.83. The molecule has 0 saturated carbocycles. The molecule has 2 aromatic rings. The van der Waals surface area contributed by atoms with Crippen molar-refractivity contribution in [3.05, 3.63) is 45.7 Å². The lowest BCUT2D eigenvalue weighted by atomic mass is 9.87. The number of hydrogen-bond acceptors (Lipinski definition) is 4. The summed E-state index contributed by atoms with van der Waals surface area (Å²) >= 11 is 0. The van der Waals surface area contributed by atoms with Crippen LogP contribution in [0.1, 0.15) is 49.7 Å². The van der Waals surface area contributed by atoms with Gasteiger partial charge in [-0.1, -0.05) is 13.8 Å². The fourth-order valence-corrected chi connectivity index (χ4v) is 3.61. The van der Waals surface area contributed by atoms with Gasteiger partial charge in [0.2, 0.25) is 0 Å². The van der Waals surface area contributed by atoms with Gasteiger partial charge in [0.15, 0.2) is 16.9 Å². The minimum Gasteiger partial charge on any atom is -0.493 e. The maximum Gasteiger partial charge on any atom is 0.341 e. The van der Waals surface area contributed by atoms with Gasteiger partial charge in [-0.15, -0.1) is 0 Å². The van der Waals surface area contributed by atoms with Crippen molar-refractivity contribution in [2.24, 2.45) is 5.92 Å². The van der Waals surface area contributed by atoms with Gasteiger partial charge in [-0.3, -0.25) is 4.79 Å². The molecule has 6 nitrogen and oxygen atoms in total. The van der Waals surface area contributed by atoms with E-state index in [9.17, 15) is 19.1 Å². The number of alkyl halides is 1. The van der Waals surface area contributed by atoms with Gasteiger partial charge in [0.05, 0.1) is 12.8 Å². The molecule has 1 N–H and O–H groups in total. The average Bonchev–Trinajstić information content (AvgIpc) is 2.63. The lowest BCUT2D eigenvalue weighted by molar-refractivity contribution is 0.0694. The molecule has 0 fully saturated rings. The van der Waals surface area contributed by atoms with Gasteiger partial charge in [0.1, 0.15) is 17.8 Å². The SMILES string of the molecule is COc1cc2c(cc1OCC(C)(C)F)C[C@@H](C(C)C)n1cc(C(=O)O)c(=O)cc1-2. The second-order valence-electron chi connectivity index (χ2n) is 8.33. The van der Waals surface area contributed by atoms with E-state index in [1.54, 1.807) is 6.07 Å². The maximum absolute atomic E-state index is 13.9. The number of aromatic nitrogens is 1. The number of nitrogens with zero attached hydrogens (tertiary/aromatic N) is 1. The Morgan fingerprint density at radius 2 is 2.00 bits per heavy atom. The van der Waals surface area contributed by atoms with Crippen molar-refractivity contribution >= 4 is 5.97 Å². The first-order valence-electron chi connectivity index (χ1n) is 9.54. The number of ether oxygens (including phenoxy) is 2. The zero-order valence-corrected chi connectivity index (χ0v) is 17.3. The molecule has 1 aromatic heterocycles. The highest BCUT2D eigenvalue weighted by atomic mass is 19.1. The number of benzene rings is 1. The molecule has 3 rings (SSSR count). The monoisotopic (exact) mass is 403 g/mol. The number of carboxylic acid groups (broad SMARTS) is 1. The average molecular weight is 403 g/mol. The van der Waals surface area contributed by atoms with E-state index in [1.165, 1.54) is 33.2 Å². The maximum atomic E-state index is 13.9. The number of rotatable bonds is 6. The van der Waals surface area contributed by atoms with Crippen LogP contribution in [0, 0.1) is 5.92 Å². The summed E-state index contributed by atoms with van der Waals surface area (Å²) in [5, 5.41) is 9.35. The van der Waals surface area contributed by atoms with Gasteiger partial charge in [0.25, 0.3) is 0 Å². The quantitative estimate of drug-likeness (QED) is 0.786. The molecule has 0 amide bonds. The fourth-order valence-electron chi connectivity index (χ4n) is 3.61. The summed E-state index contributed by atoms with van der Waals surface area (Å²) in [6, 6.07) is 4.92. The highest BCUT2D eigenvalue weighted by Crippen LogP contribution is 2.42. The van der Waals surface area contributed by atoms with Crippen LogP contribution in [0.2, 0.25) is 0 Å². The Balaban J connectivity index is 2.18. The predicted octanol–water partition coefficient (Wildman–Crippen LogP) is 4.10. The third kappa shape index (κ3) is 4.13. The van der Waals surface area contributed by atoms with Crippen molar-refractivity contribution in [2.75, 3.05) is 13.7 Å². The van der Waals surface area contributed by atoms with Gasteiger partial charge in [0, 0.05) is 23.9 Å². The molecule has 0 spiro atoms. The second kappa shape index (κ2) is 7.54. The number of carboxylic acids is 1. The summed E-state index contributed by atoms with van der Waals surface area (Å²) in [4.78, 5) is 23.8. The molecule has 29 heavy (non-hydrogen) atoms. The topological polar surface area (TPSA) is 77.8 Å². The van der Waals surface area contributed by atoms with E-state index in [-0.39, 0.29) is 24.1 Å². The minimum atomic E-state index is -1.49. The summed E-state index contributed by atoms with van der Waals surface area (Å²) in [5.41, 5.74) is 0.0700. The highest BCUT2D eigenvalue weighted by Gasteiger charge is 2.29. The zero-order chi connectivity index (χ0) is 21.5. The van der Waals surface area contributed by atoms with Crippen LogP contribution in [0.25, 0.3) is 11.3 Å². The fraction of sp³-hybridized carbons (Fsp3) is 0.455. The molecule has 0 saturated heterocycles. The highest BCUT2D eigenvalue weighted by molar-refractivity contribution is 5.87. The molecule has 0 radical (unpaired) electrons. The Labute approximate surface area is 168 Å². The van der Waals surface area contributed by atoms with Crippen LogP contribution >= 0.6 is 0 Å². The van der Waals surface area contributed by atoms with Crippen LogP contribution in [-0.2, 0) is 6.42 Å². The first-order chi connectivity index (χ1) is 13.5. The predicted molar refractivity (Wildman–Crippen MR) is 108 cm³/mol. The number of aromatic carboxylic acids is 1. The van der Waals surface area contributed by atoms with Crippen molar-refractivity contribution in [1.29, 1.82) is 0 Å². The van der Waals surface area contributed by atoms with E-state index < -0.39 is 17.1 Å². The molecular formula is C22H26FNO5. The van der Waals surface area contributed by atoms with Crippen LogP contribution in [0.15, 0.2) is 29.2 Å². The van der Waals surface area contributed by atoms with Crippen molar-refractivity contribution < 1.29 is 23.8 Å². The van der Waals surface area contributed by atoms with E-state index in [0.29, 0.717) is 23.6 Å². The molecule has 2 heterocycles. The summed E-state index contributed by atoms with van der Waals surface area (Å²) in [6.07, 6.45) is 2.05. The molecule has 1 atom stereocenters. The van der Waals surface area contributed by atoms with Gasteiger partial charge in [-0.25, -0.2) is 9.18 Å². The largest absolute Gasteiger partial charge is 0.493 e. The summed E-state index contributed by atoms with van der Waals surface area (Å²) < 4.78 is 26.9. The third-order valence-electron chi connectivity index (χ3n) is 5.10. The number of methoxy groups -OCH3 is 1. The van der Waals surface area contributed by atoms with Crippen molar-refractivity contribution in [2.45, 2.75) is 45.8 Å². The van der Waals surface area contributed by atoms with Crippen LogP contribution in [-0.4, -0.2) is 35.0 Å². The molecule has 0 unspecified atom stereocenters. The van der Waals surface area contributed by atoms with Crippen LogP contribution < -0.4 is 14.9 Å². The Morgan fingerprint density at radius 3 is 2.55 bits per heavy atom. The summed E-state index contributed by atoms with van der Waals surface area (Å²) in [6.45, 7) is 6.85.